The van der Waals surface area contributed by atoms with E-state index in [9.17, 15) is 19.8 Å². The number of hydrogen-bond acceptors (Lipinski definition) is 5. The lowest BCUT2D eigenvalue weighted by molar-refractivity contribution is -0.125. The van der Waals surface area contributed by atoms with Gasteiger partial charge in [-0.05, 0) is 57.7 Å². The first-order valence-corrected chi connectivity index (χ1v) is 10.2. The first-order valence-electron chi connectivity index (χ1n) is 10.2. The Morgan fingerprint density at radius 1 is 1.24 bits per heavy atom. The maximum absolute atomic E-state index is 12.3. The third-order valence-electron chi connectivity index (χ3n) is 4.40. The van der Waals surface area contributed by atoms with Gasteiger partial charge in [-0.25, -0.2) is 4.79 Å². The van der Waals surface area contributed by atoms with E-state index < -0.39 is 29.8 Å². The van der Waals surface area contributed by atoms with Crippen LogP contribution in [0.15, 0.2) is 24.3 Å². The van der Waals surface area contributed by atoms with Crippen LogP contribution in [-0.4, -0.2) is 46.5 Å². The van der Waals surface area contributed by atoms with Gasteiger partial charge in [0.2, 0.25) is 5.91 Å². The van der Waals surface area contributed by atoms with Gasteiger partial charge < -0.3 is 25.6 Å². The molecule has 0 aliphatic heterocycles. The molecule has 0 aromatic heterocycles. The molecule has 0 aliphatic carbocycles. The third kappa shape index (κ3) is 10.2. The second-order valence-electron chi connectivity index (χ2n) is 8.48. The fourth-order valence-corrected chi connectivity index (χ4v) is 2.88. The van der Waals surface area contributed by atoms with Crippen molar-refractivity contribution in [1.82, 2.24) is 10.6 Å². The van der Waals surface area contributed by atoms with Crippen LogP contribution in [0, 0.1) is 5.92 Å². The monoisotopic (exact) mass is 408 g/mol. The molecule has 164 valence electrons. The number of phenols is 1. The van der Waals surface area contributed by atoms with E-state index in [4.69, 9.17) is 4.74 Å². The molecule has 0 spiro atoms. The summed E-state index contributed by atoms with van der Waals surface area (Å²) in [7, 11) is 0. The van der Waals surface area contributed by atoms with E-state index in [0.29, 0.717) is 13.0 Å². The Morgan fingerprint density at radius 2 is 1.93 bits per heavy atom. The Hall–Kier alpha value is -2.28. The largest absolute Gasteiger partial charge is 0.508 e. The minimum Gasteiger partial charge on any atom is -0.508 e. The van der Waals surface area contributed by atoms with E-state index >= 15 is 0 Å². The Kier molecular flexibility index (Phi) is 9.95. The molecule has 29 heavy (non-hydrogen) atoms. The van der Waals surface area contributed by atoms with E-state index in [1.165, 1.54) is 0 Å². The SMILES string of the molecule is CCCCNC(=O)[C@H](C)C[C@@H](O)[C@H](Cc1cccc(O)c1)NC(=O)OC(C)(C)C. The Balaban J connectivity index is 2.82. The summed E-state index contributed by atoms with van der Waals surface area (Å²) >= 11 is 0. The molecule has 0 unspecified atom stereocenters. The zero-order valence-electron chi connectivity index (χ0n) is 18.2. The van der Waals surface area contributed by atoms with Crippen molar-refractivity contribution in [3.05, 3.63) is 29.8 Å². The van der Waals surface area contributed by atoms with Crippen molar-refractivity contribution in [2.75, 3.05) is 6.54 Å². The summed E-state index contributed by atoms with van der Waals surface area (Å²) in [4.78, 5) is 24.5. The van der Waals surface area contributed by atoms with Crippen LogP contribution in [-0.2, 0) is 16.0 Å². The fourth-order valence-electron chi connectivity index (χ4n) is 2.88. The van der Waals surface area contributed by atoms with Crippen LogP contribution in [0.2, 0.25) is 0 Å². The van der Waals surface area contributed by atoms with E-state index in [-0.39, 0.29) is 18.1 Å². The first kappa shape index (κ1) is 24.8. The van der Waals surface area contributed by atoms with Crippen LogP contribution >= 0.6 is 0 Å². The van der Waals surface area contributed by atoms with Crippen molar-refractivity contribution in [3.8, 4) is 5.75 Å². The van der Waals surface area contributed by atoms with Gasteiger partial charge in [-0.1, -0.05) is 32.4 Å². The smallest absolute Gasteiger partial charge is 0.407 e. The molecule has 0 bridgehead atoms. The van der Waals surface area contributed by atoms with Gasteiger partial charge in [0, 0.05) is 12.5 Å². The number of aromatic hydroxyl groups is 1. The Morgan fingerprint density at radius 3 is 2.52 bits per heavy atom. The number of phenolic OH excluding ortho intramolecular Hbond substituents is 1. The molecule has 7 nitrogen and oxygen atoms in total. The normalized spacial score (nSPS) is 14.6. The van der Waals surface area contributed by atoms with Crippen LogP contribution < -0.4 is 10.6 Å². The third-order valence-corrected chi connectivity index (χ3v) is 4.40. The standard InChI is InChI=1S/C22H36N2O5/c1-6-7-11-23-20(27)15(2)12-19(26)18(24-21(28)29-22(3,4)5)14-16-9-8-10-17(25)13-16/h8-10,13,15,18-19,25-26H,6-7,11-12,14H2,1-5H3,(H,23,27)(H,24,28)/t15-,18+,19-/m1/s1. The predicted octanol–water partition coefficient (Wildman–Crippen LogP) is 3.13. The summed E-state index contributed by atoms with van der Waals surface area (Å²) in [6, 6.07) is 5.97. The Labute approximate surface area is 173 Å². The Bertz CT molecular complexity index is 657. The minimum atomic E-state index is -0.961. The highest BCUT2D eigenvalue weighted by molar-refractivity contribution is 5.78. The molecule has 0 saturated heterocycles. The number of alkyl carbamates (subject to hydrolysis) is 1. The number of hydrogen-bond donors (Lipinski definition) is 4. The molecule has 1 aromatic rings. The molecular weight excluding hydrogens is 372 g/mol. The molecule has 0 radical (unpaired) electrons. The highest BCUT2D eigenvalue weighted by atomic mass is 16.6. The molecule has 0 fully saturated rings. The second-order valence-corrected chi connectivity index (χ2v) is 8.48. The van der Waals surface area contributed by atoms with Crippen molar-refractivity contribution < 1.29 is 24.5 Å². The number of unbranched alkanes of at least 4 members (excludes halogenated alkanes) is 1. The van der Waals surface area contributed by atoms with Gasteiger partial charge in [0.25, 0.3) is 0 Å². The average Bonchev–Trinajstić information content (AvgIpc) is 2.59. The van der Waals surface area contributed by atoms with E-state index in [1.54, 1.807) is 52.0 Å². The lowest BCUT2D eigenvalue weighted by atomic mass is 9.93. The van der Waals surface area contributed by atoms with Crippen molar-refractivity contribution in [2.45, 2.75) is 78.0 Å². The highest BCUT2D eigenvalue weighted by Crippen LogP contribution is 2.18. The van der Waals surface area contributed by atoms with Gasteiger partial charge in [0.1, 0.15) is 11.4 Å². The van der Waals surface area contributed by atoms with E-state index in [1.807, 2.05) is 6.92 Å². The van der Waals surface area contributed by atoms with Crippen molar-refractivity contribution in [3.63, 3.8) is 0 Å². The second kappa shape index (κ2) is 11.7. The molecule has 2 amide bonds. The molecule has 3 atom stereocenters. The van der Waals surface area contributed by atoms with Crippen LogP contribution in [0.3, 0.4) is 0 Å². The minimum absolute atomic E-state index is 0.108. The maximum Gasteiger partial charge on any atom is 0.407 e. The number of aliphatic hydroxyl groups is 1. The number of nitrogens with one attached hydrogen (secondary N) is 2. The van der Waals surface area contributed by atoms with Gasteiger partial charge in [0.05, 0.1) is 12.1 Å². The number of rotatable bonds is 10. The first-order chi connectivity index (χ1) is 13.5. The summed E-state index contributed by atoms with van der Waals surface area (Å²) < 4.78 is 5.31. The number of amides is 2. The number of carbonyl (C=O) groups is 2. The zero-order valence-corrected chi connectivity index (χ0v) is 18.2. The zero-order chi connectivity index (χ0) is 22.0. The van der Waals surface area contributed by atoms with Crippen LogP contribution in [0.1, 0.15) is 59.4 Å². The predicted molar refractivity (Wildman–Crippen MR) is 113 cm³/mol. The number of aliphatic hydroxyl groups excluding tert-OH is 1. The van der Waals surface area contributed by atoms with Crippen LogP contribution in [0.25, 0.3) is 0 Å². The van der Waals surface area contributed by atoms with Crippen LogP contribution in [0.5, 0.6) is 5.75 Å². The number of carbonyl (C=O) groups excluding carboxylic acids is 2. The van der Waals surface area contributed by atoms with Gasteiger partial charge in [-0.2, -0.15) is 0 Å². The van der Waals surface area contributed by atoms with Crippen molar-refractivity contribution in [1.29, 1.82) is 0 Å². The summed E-state index contributed by atoms with van der Waals surface area (Å²) in [6.45, 7) is 9.69. The molecule has 0 saturated carbocycles. The molecule has 7 heteroatoms. The molecular formula is C22H36N2O5. The highest BCUT2D eigenvalue weighted by Gasteiger charge is 2.28. The quantitative estimate of drug-likeness (QED) is 0.445. The van der Waals surface area contributed by atoms with Crippen LogP contribution in [0.4, 0.5) is 4.79 Å². The summed E-state index contributed by atoms with van der Waals surface area (Å²) in [5.41, 5.74) is 0.0852. The van der Waals surface area contributed by atoms with Crippen molar-refractivity contribution >= 4 is 12.0 Å². The summed E-state index contributed by atoms with van der Waals surface area (Å²) in [5, 5.41) is 26.0. The topological polar surface area (TPSA) is 108 Å². The van der Waals surface area contributed by atoms with Gasteiger partial charge in [-0.15, -0.1) is 0 Å². The fraction of sp³-hybridized carbons (Fsp3) is 0.636. The van der Waals surface area contributed by atoms with Crippen molar-refractivity contribution in [2.24, 2.45) is 5.92 Å². The molecule has 1 rings (SSSR count). The summed E-state index contributed by atoms with van der Waals surface area (Å²) in [5.74, 6) is -0.420. The average molecular weight is 409 g/mol. The maximum atomic E-state index is 12.3. The molecule has 0 heterocycles. The summed E-state index contributed by atoms with van der Waals surface area (Å²) in [6.07, 6.45) is 0.777. The van der Waals surface area contributed by atoms with Gasteiger partial charge >= 0.3 is 6.09 Å². The van der Waals surface area contributed by atoms with E-state index in [2.05, 4.69) is 10.6 Å². The lowest BCUT2D eigenvalue weighted by Crippen LogP contribution is -2.48. The van der Waals surface area contributed by atoms with Gasteiger partial charge in [0.15, 0.2) is 0 Å². The molecule has 0 aliphatic rings. The molecule has 1 aromatic carbocycles. The van der Waals surface area contributed by atoms with E-state index in [0.717, 1.165) is 18.4 Å². The van der Waals surface area contributed by atoms with Gasteiger partial charge in [-0.3, -0.25) is 4.79 Å². The number of ether oxygens (including phenoxy) is 1. The lowest BCUT2D eigenvalue weighted by Gasteiger charge is -2.28. The molecule has 4 N–H and O–H groups in total. The number of benzene rings is 1.